The van der Waals surface area contributed by atoms with Crippen molar-refractivity contribution < 1.29 is 8.42 Å². The van der Waals surface area contributed by atoms with Gasteiger partial charge in [-0.25, -0.2) is 8.42 Å². The van der Waals surface area contributed by atoms with Gasteiger partial charge in [0.25, 0.3) is 10.0 Å². The van der Waals surface area contributed by atoms with E-state index in [1.807, 2.05) is 6.92 Å². The van der Waals surface area contributed by atoms with Gasteiger partial charge >= 0.3 is 0 Å². The molecular weight excluding hydrogens is 296 g/mol. The molecule has 0 aromatic heterocycles. The van der Waals surface area contributed by atoms with Gasteiger partial charge in [0, 0.05) is 10.7 Å². The molecule has 0 unspecified atom stereocenters. The van der Waals surface area contributed by atoms with Crippen LogP contribution >= 0.6 is 11.6 Å². The minimum atomic E-state index is -3.65. The molecule has 0 aliphatic rings. The molecule has 20 heavy (non-hydrogen) atoms. The Kier molecular flexibility index (Phi) is 3.92. The van der Waals surface area contributed by atoms with Crippen LogP contribution < -0.4 is 10.5 Å². The molecule has 0 aliphatic heterocycles. The summed E-state index contributed by atoms with van der Waals surface area (Å²) in [4.78, 5) is 0.165. The van der Waals surface area contributed by atoms with Gasteiger partial charge in [0.15, 0.2) is 0 Å². The number of benzene rings is 2. The number of aryl methyl sites for hydroxylation is 2. The van der Waals surface area contributed by atoms with Gasteiger partial charge in [0.1, 0.15) is 0 Å². The third-order valence-electron chi connectivity index (χ3n) is 2.97. The molecule has 0 aliphatic carbocycles. The van der Waals surface area contributed by atoms with Crippen molar-refractivity contribution in [1.82, 2.24) is 0 Å². The van der Waals surface area contributed by atoms with Gasteiger partial charge in [-0.15, -0.1) is 0 Å². The smallest absolute Gasteiger partial charge is 0.261 e. The van der Waals surface area contributed by atoms with Crippen molar-refractivity contribution >= 4 is 33.0 Å². The van der Waals surface area contributed by atoms with Crippen molar-refractivity contribution in [2.24, 2.45) is 0 Å². The molecule has 0 bridgehead atoms. The van der Waals surface area contributed by atoms with E-state index in [1.165, 1.54) is 12.1 Å². The molecule has 6 heteroatoms. The van der Waals surface area contributed by atoms with E-state index in [4.69, 9.17) is 17.3 Å². The fourth-order valence-electron chi connectivity index (χ4n) is 1.70. The van der Waals surface area contributed by atoms with Crippen molar-refractivity contribution in [1.29, 1.82) is 0 Å². The van der Waals surface area contributed by atoms with Crippen molar-refractivity contribution in [3.8, 4) is 0 Å². The van der Waals surface area contributed by atoms with Crippen LogP contribution in [0, 0.1) is 13.8 Å². The molecular formula is C14H15ClN2O2S. The van der Waals surface area contributed by atoms with Crippen LogP contribution in [-0.4, -0.2) is 8.42 Å². The molecule has 2 rings (SSSR count). The fourth-order valence-corrected chi connectivity index (χ4v) is 2.95. The Morgan fingerprint density at radius 1 is 1.05 bits per heavy atom. The van der Waals surface area contributed by atoms with Crippen molar-refractivity contribution in [2.45, 2.75) is 18.7 Å². The van der Waals surface area contributed by atoms with Gasteiger partial charge in [-0.3, -0.25) is 4.72 Å². The van der Waals surface area contributed by atoms with Crippen LogP contribution in [0.15, 0.2) is 41.3 Å². The van der Waals surface area contributed by atoms with E-state index >= 15 is 0 Å². The van der Waals surface area contributed by atoms with Gasteiger partial charge in [-0.2, -0.15) is 0 Å². The molecule has 0 fully saturated rings. The second-order valence-electron chi connectivity index (χ2n) is 4.59. The van der Waals surface area contributed by atoms with Crippen molar-refractivity contribution in [3.63, 3.8) is 0 Å². The van der Waals surface area contributed by atoms with Gasteiger partial charge in [0.05, 0.1) is 10.6 Å². The normalized spacial score (nSPS) is 11.3. The Morgan fingerprint density at radius 2 is 1.75 bits per heavy atom. The largest absolute Gasteiger partial charge is 0.398 e. The summed E-state index contributed by atoms with van der Waals surface area (Å²) in [6.45, 7) is 3.61. The first kappa shape index (κ1) is 14.7. The number of nitrogens with two attached hydrogens (primary N) is 1. The van der Waals surface area contributed by atoms with E-state index in [-0.39, 0.29) is 4.90 Å². The summed E-state index contributed by atoms with van der Waals surface area (Å²) in [6, 6.07) is 9.59. The third kappa shape index (κ3) is 3.05. The summed E-state index contributed by atoms with van der Waals surface area (Å²) in [5, 5.41) is 0.531. The van der Waals surface area contributed by atoms with Gasteiger partial charge < -0.3 is 5.73 Å². The lowest BCUT2D eigenvalue weighted by molar-refractivity contribution is 0.601. The van der Waals surface area contributed by atoms with Crippen LogP contribution in [0.25, 0.3) is 0 Å². The number of sulfonamides is 1. The van der Waals surface area contributed by atoms with Crippen LogP contribution in [0.2, 0.25) is 5.02 Å². The highest BCUT2D eigenvalue weighted by molar-refractivity contribution is 7.92. The van der Waals surface area contributed by atoms with E-state index in [9.17, 15) is 8.42 Å². The standard InChI is InChI=1S/C14H15ClN2O2S/c1-9-3-4-11(8-14(9)16)17-20(18,19)12-5-6-13(15)10(2)7-12/h3-8,17H,16H2,1-2H3. The Hall–Kier alpha value is -1.72. The molecule has 0 amide bonds. The summed E-state index contributed by atoms with van der Waals surface area (Å²) >= 11 is 5.90. The lowest BCUT2D eigenvalue weighted by Gasteiger charge is -2.10. The summed E-state index contributed by atoms with van der Waals surface area (Å²) < 4.78 is 27.0. The summed E-state index contributed by atoms with van der Waals surface area (Å²) in [7, 11) is -3.65. The minimum Gasteiger partial charge on any atom is -0.398 e. The van der Waals surface area contributed by atoms with Gasteiger partial charge in [-0.1, -0.05) is 17.7 Å². The van der Waals surface area contributed by atoms with E-state index in [1.54, 1.807) is 31.2 Å². The zero-order chi connectivity index (χ0) is 14.9. The Morgan fingerprint density at radius 3 is 2.35 bits per heavy atom. The molecule has 0 saturated carbocycles. The quantitative estimate of drug-likeness (QED) is 0.854. The molecule has 4 nitrogen and oxygen atoms in total. The van der Waals surface area contributed by atoms with E-state index in [0.29, 0.717) is 22.0 Å². The maximum atomic E-state index is 12.3. The topological polar surface area (TPSA) is 72.2 Å². The average Bonchev–Trinajstić information content (AvgIpc) is 2.37. The van der Waals surface area contributed by atoms with E-state index < -0.39 is 10.0 Å². The van der Waals surface area contributed by atoms with Crippen LogP contribution in [0.3, 0.4) is 0 Å². The molecule has 106 valence electrons. The number of nitrogen functional groups attached to an aromatic ring is 1. The molecule has 0 heterocycles. The van der Waals surface area contributed by atoms with Gasteiger partial charge in [0.2, 0.25) is 0 Å². The zero-order valence-electron chi connectivity index (χ0n) is 11.1. The minimum absolute atomic E-state index is 0.165. The lowest BCUT2D eigenvalue weighted by Crippen LogP contribution is -2.13. The first-order chi connectivity index (χ1) is 9.29. The van der Waals surface area contributed by atoms with Crippen LogP contribution in [0.1, 0.15) is 11.1 Å². The molecule has 2 aromatic rings. The molecule has 0 atom stereocenters. The maximum absolute atomic E-state index is 12.3. The van der Waals surface area contributed by atoms with Crippen LogP contribution in [-0.2, 0) is 10.0 Å². The predicted molar refractivity (Wildman–Crippen MR) is 82.6 cm³/mol. The number of nitrogens with one attached hydrogen (secondary N) is 1. The zero-order valence-corrected chi connectivity index (χ0v) is 12.7. The monoisotopic (exact) mass is 310 g/mol. The number of hydrogen-bond acceptors (Lipinski definition) is 3. The number of rotatable bonds is 3. The highest BCUT2D eigenvalue weighted by Crippen LogP contribution is 2.23. The highest BCUT2D eigenvalue weighted by Gasteiger charge is 2.15. The van der Waals surface area contributed by atoms with Crippen LogP contribution in [0.4, 0.5) is 11.4 Å². The van der Waals surface area contributed by atoms with Gasteiger partial charge in [-0.05, 0) is 55.3 Å². The molecule has 2 aromatic carbocycles. The Bertz CT molecular complexity index is 758. The van der Waals surface area contributed by atoms with E-state index in [2.05, 4.69) is 4.72 Å². The maximum Gasteiger partial charge on any atom is 0.261 e. The lowest BCUT2D eigenvalue weighted by atomic mass is 10.2. The summed E-state index contributed by atoms with van der Waals surface area (Å²) in [5.41, 5.74) is 8.35. The average molecular weight is 311 g/mol. The second-order valence-corrected chi connectivity index (χ2v) is 6.68. The first-order valence-corrected chi connectivity index (χ1v) is 7.81. The second kappa shape index (κ2) is 5.34. The third-order valence-corrected chi connectivity index (χ3v) is 4.77. The predicted octanol–water partition coefficient (Wildman–Crippen LogP) is 3.34. The van der Waals surface area contributed by atoms with Crippen LogP contribution in [0.5, 0.6) is 0 Å². The highest BCUT2D eigenvalue weighted by atomic mass is 35.5. The summed E-state index contributed by atoms with van der Waals surface area (Å²) in [6.07, 6.45) is 0. The van der Waals surface area contributed by atoms with Crippen molar-refractivity contribution in [2.75, 3.05) is 10.5 Å². The first-order valence-electron chi connectivity index (χ1n) is 5.95. The number of halogens is 1. The summed E-state index contributed by atoms with van der Waals surface area (Å²) in [5.74, 6) is 0. The fraction of sp³-hybridized carbons (Fsp3) is 0.143. The Balaban J connectivity index is 2.35. The molecule has 0 radical (unpaired) electrons. The molecule has 3 N–H and O–H groups in total. The molecule has 0 spiro atoms. The van der Waals surface area contributed by atoms with E-state index in [0.717, 1.165) is 5.56 Å². The Labute approximate surface area is 123 Å². The number of anilines is 2. The number of hydrogen-bond donors (Lipinski definition) is 2. The SMILES string of the molecule is Cc1ccc(NS(=O)(=O)c2ccc(Cl)c(C)c2)cc1N. The van der Waals surface area contributed by atoms with Crippen molar-refractivity contribution in [3.05, 3.63) is 52.5 Å². The molecule has 0 saturated heterocycles.